The lowest BCUT2D eigenvalue weighted by molar-refractivity contribution is 0.591. The Morgan fingerprint density at radius 3 is 1.64 bits per heavy atom. The van der Waals surface area contributed by atoms with Crippen LogP contribution in [0.5, 0.6) is 0 Å². The van der Waals surface area contributed by atoms with Gasteiger partial charge in [0.15, 0.2) is 0 Å². The van der Waals surface area contributed by atoms with Crippen molar-refractivity contribution in [3.05, 3.63) is 151 Å². The number of para-hydroxylation sites is 1. The Morgan fingerprint density at radius 2 is 1.00 bits per heavy atom. The lowest BCUT2D eigenvalue weighted by Gasteiger charge is -2.43. The highest BCUT2D eigenvalue weighted by molar-refractivity contribution is 7.26. The van der Waals surface area contributed by atoms with Crippen molar-refractivity contribution in [2.45, 2.75) is 52.4 Å². The lowest BCUT2D eigenvalue weighted by atomic mass is 9.35. The van der Waals surface area contributed by atoms with Gasteiger partial charge in [0.25, 0.3) is 6.71 Å². The van der Waals surface area contributed by atoms with Gasteiger partial charge >= 0.3 is 0 Å². The summed E-state index contributed by atoms with van der Waals surface area (Å²) < 4.78 is 8.52. The predicted molar refractivity (Wildman–Crippen MR) is 238 cm³/mol. The summed E-state index contributed by atoms with van der Waals surface area (Å²) in [5.74, 6) is 0. The Labute approximate surface area is 326 Å². The highest BCUT2D eigenvalue weighted by Crippen LogP contribution is 2.54. The van der Waals surface area contributed by atoms with Crippen LogP contribution < -0.4 is 26.4 Å². The number of furan rings is 1. The number of fused-ring (bicyclic) bond motifs is 10. The van der Waals surface area contributed by atoms with Gasteiger partial charge in [0, 0.05) is 32.2 Å². The molecule has 0 bridgehead atoms. The third-order valence-electron chi connectivity index (χ3n) is 11.9. The van der Waals surface area contributed by atoms with Gasteiger partial charge in [-0.3, -0.25) is 0 Å². The highest BCUT2D eigenvalue weighted by atomic mass is 32.1. The number of nitrogens with zero attached hydrogens (tertiary/aromatic N) is 2. The lowest BCUT2D eigenvalue weighted by Crippen LogP contribution is -2.60. The molecule has 0 saturated heterocycles. The second kappa shape index (κ2) is 11.4. The maximum Gasteiger partial charge on any atom is 0.298 e. The Hall–Kier alpha value is -5.78. The van der Waals surface area contributed by atoms with Gasteiger partial charge in [-0.05, 0) is 79.4 Å². The van der Waals surface area contributed by atoms with Gasteiger partial charge in [0.2, 0.25) is 0 Å². The molecule has 2 aliphatic rings. The predicted octanol–water partition coefficient (Wildman–Crippen LogP) is 12.6. The first-order valence-electron chi connectivity index (χ1n) is 19.4. The van der Waals surface area contributed by atoms with Crippen LogP contribution in [0.25, 0.3) is 42.6 Å². The fourth-order valence-electron chi connectivity index (χ4n) is 9.49. The van der Waals surface area contributed by atoms with E-state index in [-0.39, 0.29) is 17.5 Å². The van der Waals surface area contributed by atoms with Crippen molar-refractivity contribution in [3.8, 4) is 0 Å². The van der Waals surface area contributed by atoms with E-state index in [1.165, 1.54) is 81.4 Å². The number of benzene rings is 7. The maximum absolute atomic E-state index is 7.24. The summed E-state index contributed by atoms with van der Waals surface area (Å²) in [4.78, 5) is 5.20. The van der Waals surface area contributed by atoms with E-state index in [1.807, 2.05) is 11.3 Å². The van der Waals surface area contributed by atoms with Crippen LogP contribution in [0.2, 0.25) is 0 Å². The molecule has 7 aromatic carbocycles. The standard InChI is InChI=1S/C50H41BN2OS/c1-49(2,3)36-28-26-30-16-7-9-18-32(30)44(36)52-38-22-15-23-39-43(38)51(47-46(52)34-20-11-13-24-40(34)54-47)42-35-21-12-14-25-41(35)55-48(42)53(39)45-33-19-10-8-17-31(33)27-29-37(45)50(4,5)6/h7-29H,1-6H3. The Kier molecular flexibility index (Phi) is 6.75. The average molecular weight is 729 g/mol. The normalized spacial score (nSPS) is 13.9. The van der Waals surface area contributed by atoms with Crippen LogP contribution in [0, 0.1) is 0 Å². The van der Waals surface area contributed by atoms with E-state index >= 15 is 0 Å². The molecule has 0 saturated carbocycles. The van der Waals surface area contributed by atoms with E-state index in [9.17, 15) is 0 Å². The molecular formula is C50H41BN2OS. The van der Waals surface area contributed by atoms with Crippen molar-refractivity contribution in [2.24, 2.45) is 0 Å². The summed E-state index contributed by atoms with van der Waals surface area (Å²) >= 11 is 1.90. The molecule has 11 rings (SSSR count). The van der Waals surface area contributed by atoms with Gasteiger partial charge in [-0.2, -0.15) is 0 Å². The van der Waals surface area contributed by atoms with Crippen LogP contribution in [0.1, 0.15) is 52.7 Å². The minimum Gasteiger partial charge on any atom is -0.468 e. The van der Waals surface area contributed by atoms with Crippen LogP contribution in [0.15, 0.2) is 144 Å². The molecule has 55 heavy (non-hydrogen) atoms. The highest BCUT2D eigenvalue weighted by Gasteiger charge is 2.49. The van der Waals surface area contributed by atoms with E-state index in [2.05, 4.69) is 191 Å². The molecular weight excluding hydrogens is 687 g/mol. The Morgan fingerprint density at radius 1 is 0.473 bits per heavy atom. The fraction of sp³-hybridized carbons (Fsp3) is 0.160. The average Bonchev–Trinajstić information content (AvgIpc) is 3.76. The Balaban J connectivity index is 1.34. The molecule has 0 N–H and O–H groups in total. The fourth-order valence-corrected chi connectivity index (χ4v) is 10.8. The summed E-state index contributed by atoms with van der Waals surface area (Å²) in [7, 11) is 0. The molecule has 0 radical (unpaired) electrons. The number of anilines is 6. The quantitative estimate of drug-likeness (QED) is 0.165. The molecule has 0 aliphatic carbocycles. The number of hydrogen-bond acceptors (Lipinski definition) is 4. The molecule has 0 fully saturated rings. The summed E-state index contributed by atoms with van der Waals surface area (Å²) in [6.07, 6.45) is 0. The van der Waals surface area contributed by atoms with Gasteiger partial charge in [-0.25, -0.2) is 0 Å². The van der Waals surface area contributed by atoms with E-state index in [1.54, 1.807) is 0 Å². The zero-order valence-corrected chi connectivity index (χ0v) is 32.9. The molecule has 0 atom stereocenters. The first kappa shape index (κ1) is 32.6. The summed E-state index contributed by atoms with van der Waals surface area (Å²) in [5, 5.41) is 8.65. The van der Waals surface area contributed by atoms with E-state index in [0.717, 1.165) is 22.3 Å². The van der Waals surface area contributed by atoms with Crippen LogP contribution in [0.3, 0.4) is 0 Å². The second-order valence-corrected chi connectivity index (χ2v) is 18.3. The second-order valence-electron chi connectivity index (χ2n) is 17.3. The molecule has 0 amide bonds. The van der Waals surface area contributed by atoms with Gasteiger partial charge in [-0.15, -0.1) is 11.3 Å². The molecule has 5 heteroatoms. The van der Waals surface area contributed by atoms with Gasteiger partial charge in [-0.1, -0.05) is 151 Å². The SMILES string of the molecule is CC(C)(C)c1ccc2ccccc2c1N1c2cccc3c2B(c2oc4ccccc4c2N3c2c(C(C)(C)C)ccc3ccccc23)c2c1sc1ccccc21. The third kappa shape index (κ3) is 4.57. The van der Waals surface area contributed by atoms with Crippen molar-refractivity contribution in [1.29, 1.82) is 0 Å². The van der Waals surface area contributed by atoms with Crippen molar-refractivity contribution in [2.75, 3.05) is 9.80 Å². The molecule has 0 spiro atoms. The van der Waals surface area contributed by atoms with E-state index in [4.69, 9.17) is 4.42 Å². The summed E-state index contributed by atoms with van der Waals surface area (Å²) in [6, 6.07) is 51.7. The third-order valence-corrected chi connectivity index (χ3v) is 13.1. The summed E-state index contributed by atoms with van der Waals surface area (Å²) in [6.45, 7) is 13.9. The van der Waals surface area contributed by atoms with E-state index in [0.29, 0.717) is 0 Å². The zero-order valence-electron chi connectivity index (χ0n) is 32.1. The van der Waals surface area contributed by atoms with Crippen LogP contribution in [-0.2, 0) is 10.8 Å². The van der Waals surface area contributed by atoms with Crippen molar-refractivity contribution < 1.29 is 4.42 Å². The molecule has 266 valence electrons. The topological polar surface area (TPSA) is 19.6 Å². The molecule has 2 aromatic heterocycles. The van der Waals surface area contributed by atoms with Gasteiger partial charge in [0.05, 0.1) is 27.7 Å². The Bertz CT molecular complexity index is 3050. The molecule has 4 heterocycles. The van der Waals surface area contributed by atoms with Crippen LogP contribution in [0.4, 0.5) is 33.4 Å². The number of hydrogen-bond donors (Lipinski definition) is 0. The van der Waals surface area contributed by atoms with Crippen molar-refractivity contribution in [1.82, 2.24) is 0 Å². The van der Waals surface area contributed by atoms with Crippen molar-refractivity contribution >= 4 is 111 Å². The molecule has 9 aromatic rings. The van der Waals surface area contributed by atoms with E-state index < -0.39 is 0 Å². The van der Waals surface area contributed by atoms with Crippen molar-refractivity contribution in [3.63, 3.8) is 0 Å². The minimum absolute atomic E-state index is 0.103. The molecule has 2 aliphatic heterocycles. The molecule has 3 nitrogen and oxygen atoms in total. The number of thiophene rings is 1. The maximum atomic E-state index is 7.24. The van der Waals surface area contributed by atoms with Crippen LogP contribution >= 0.6 is 11.3 Å². The number of rotatable bonds is 2. The van der Waals surface area contributed by atoms with Gasteiger partial charge in [0.1, 0.15) is 5.58 Å². The van der Waals surface area contributed by atoms with Gasteiger partial charge < -0.3 is 14.2 Å². The zero-order chi connectivity index (χ0) is 37.4. The monoisotopic (exact) mass is 728 g/mol. The first-order chi connectivity index (χ1) is 26.6. The van der Waals surface area contributed by atoms with Crippen LogP contribution in [-0.4, -0.2) is 6.71 Å². The summed E-state index contributed by atoms with van der Waals surface area (Å²) in [5.41, 5.74) is 12.9. The smallest absolute Gasteiger partial charge is 0.298 e. The first-order valence-corrected chi connectivity index (χ1v) is 20.2. The molecule has 0 unspecified atom stereocenters. The minimum atomic E-state index is -0.127. The largest absolute Gasteiger partial charge is 0.468 e.